The zero-order chi connectivity index (χ0) is 24.9. The summed E-state index contributed by atoms with van der Waals surface area (Å²) in [5, 5.41) is 37.1. The van der Waals surface area contributed by atoms with Crippen LogP contribution in [0.4, 0.5) is 0 Å². The van der Waals surface area contributed by atoms with Gasteiger partial charge in [-0.1, -0.05) is 55.0 Å². The van der Waals surface area contributed by atoms with E-state index in [-0.39, 0.29) is 11.5 Å². The number of phenolic OH excluding ortho intramolecular Hbond substituents is 2. The third kappa shape index (κ3) is 5.48. The highest BCUT2D eigenvalue weighted by Crippen LogP contribution is 2.36. The highest BCUT2D eigenvalue weighted by atomic mass is 16.5. The van der Waals surface area contributed by atoms with Crippen molar-refractivity contribution in [3.8, 4) is 17.2 Å². The topological polar surface area (TPSA) is 82.0 Å². The summed E-state index contributed by atoms with van der Waals surface area (Å²) in [5.41, 5.74) is 3.24. The molecular formula is C31H33NO4. The van der Waals surface area contributed by atoms with Crippen LogP contribution in [0.25, 0.3) is 10.8 Å². The highest BCUT2D eigenvalue weighted by Gasteiger charge is 2.20. The molecular weight excluding hydrogens is 450 g/mol. The van der Waals surface area contributed by atoms with E-state index in [4.69, 9.17) is 4.74 Å². The lowest BCUT2D eigenvalue weighted by atomic mass is 9.88. The fraction of sp³-hybridized carbons (Fsp3) is 0.290. The second kappa shape index (κ2) is 11.0. The number of aliphatic hydroxyl groups excluding tert-OH is 1. The van der Waals surface area contributed by atoms with Crippen LogP contribution in [-0.4, -0.2) is 34.5 Å². The normalized spacial score (nSPS) is 16.6. The van der Waals surface area contributed by atoms with Crippen LogP contribution in [0.2, 0.25) is 0 Å². The number of para-hydroxylation sites is 1. The Kier molecular flexibility index (Phi) is 7.40. The van der Waals surface area contributed by atoms with E-state index in [2.05, 4.69) is 5.32 Å². The van der Waals surface area contributed by atoms with Gasteiger partial charge in [-0.05, 0) is 89.2 Å². The van der Waals surface area contributed by atoms with Gasteiger partial charge in [-0.3, -0.25) is 0 Å². The first-order chi connectivity index (χ1) is 17.6. The van der Waals surface area contributed by atoms with E-state index in [9.17, 15) is 15.3 Å². The maximum Gasteiger partial charge on any atom is 0.119 e. The number of ether oxygens (including phenoxy) is 1. The number of nitrogens with one attached hydrogen (secondary N) is 1. The highest BCUT2D eigenvalue weighted by molar-refractivity contribution is 5.89. The molecule has 5 nitrogen and oxygen atoms in total. The van der Waals surface area contributed by atoms with Crippen molar-refractivity contribution >= 4 is 10.8 Å². The van der Waals surface area contributed by atoms with E-state index >= 15 is 0 Å². The number of piperidine rings is 1. The summed E-state index contributed by atoms with van der Waals surface area (Å²) in [5.74, 6) is 1.20. The first-order valence-corrected chi connectivity index (χ1v) is 12.7. The van der Waals surface area contributed by atoms with E-state index in [0.29, 0.717) is 19.1 Å². The summed E-state index contributed by atoms with van der Waals surface area (Å²) in [6.07, 6.45) is 4.34. The molecule has 1 aliphatic heterocycles. The Balaban J connectivity index is 1.39. The summed E-state index contributed by atoms with van der Waals surface area (Å²) in [6, 6.07) is 24.5. The molecule has 186 valence electrons. The number of rotatable bonds is 8. The molecule has 1 aliphatic rings. The Hall–Kier alpha value is -3.54. The van der Waals surface area contributed by atoms with Gasteiger partial charge in [-0.25, -0.2) is 0 Å². The van der Waals surface area contributed by atoms with Crippen LogP contribution in [-0.2, 0) is 6.42 Å². The number of hydrogen-bond donors (Lipinski definition) is 4. The molecule has 4 N–H and O–H groups in total. The van der Waals surface area contributed by atoms with Crippen molar-refractivity contribution in [1.29, 1.82) is 0 Å². The first-order valence-electron chi connectivity index (χ1n) is 12.7. The fourth-order valence-electron chi connectivity index (χ4n) is 5.13. The quantitative estimate of drug-likeness (QED) is 0.253. The molecule has 36 heavy (non-hydrogen) atoms. The number of aliphatic hydroxyl groups is 1. The van der Waals surface area contributed by atoms with Crippen molar-refractivity contribution in [2.24, 2.45) is 0 Å². The van der Waals surface area contributed by atoms with E-state index < -0.39 is 6.10 Å². The van der Waals surface area contributed by atoms with E-state index in [1.807, 2.05) is 54.6 Å². The van der Waals surface area contributed by atoms with Crippen molar-refractivity contribution < 1.29 is 20.1 Å². The number of phenols is 2. The zero-order valence-electron chi connectivity index (χ0n) is 20.4. The second-order valence-electron chi connectivity index (χ2n) is 9.60. The van der Waals surface area contributed by atoms with Gasteiger partial charge in [0, 0.05) is 12.5 Å². The van der Waals surface area contributed by atoms with Crippen molar-refractivity contribution in [2.75, 3.05) is 13.2 Å². The minimum absolute atomic E-state index is 0.182. The lowest BCUT2D eigenvalue weighted by molar-refractivity contribution is 0.220. The summed E-state index contributed by atoms with van der Waals surface area (Å²) < 4.78 is 5.97. The smallest absolute Gasteiger partial charge is 0.119 e. The van der Waals surface area contributed by atoms with Crippen molar-refractivity contribution in [1.82, 2.24) is 5.32 Å². The predicted octanol–water partition coefficient (Wildman–Crippen LogP) is 5.83. The third-order valence-corrected chi connectivity index (χ3v) is 7.12. The SMILES string of the molecule is Oc1ccc2c(C(O)c3ccc(OCCC4CCCCN4)cc3)c(Cc3ccccc3O)ccc2c1. The number of hydrogen-bond acceptors (Lipinski definition) is 5. The van der Waals surface area contributed by atoms with E-state index in [1.165, 1.54) is 19.3 Å². The van der Waals surface area contributed by atoms with E-state index in [0.717, 1.165) is 51.7 Å². The number of benzene rings is 4. The number of fused-ring (bicyclic) bond motifs is 1. The zero-order valence-corrected chi connectivity index (χ0v) is 20.4. The maximum atomic E-state index is 11.6. The standard InChI is InChI=1S/C31H33NO4/c33-26-12-15-28-22(20-26)8-9-24(19-23-5-1-2-7-29(23)34)30(28)31(35)21-10-13-27(14-11-21)36-18-16-25-6-3-4-17-32-25/h1-2,5,7-15,20,25,31-35H,3-4,6,16-19H2. The summed E-state index contributed by atoms with van der Waals surface area (Å²) in [4.78, 5) is 0. The molecule has 2 unspecified atom stereocenters. The Morgan fingerprint density at radius 1 is 0.889 bits per heavy atom. The van der Waals surface area contributed by atoms with Crippen LogP contribution in [0, 0.1) is 0 Å². The molecule has 5 heteroatoms. The average Bonchev–Trinajstić information content (AvgIpc) is 2.90. The summed E-state index contributed by atoms with van der Waals surface area (Å²) in [6.45, 7) is 1.76. The Morgan fingerprint density at radius 3 is 2.50 bits per heavy atom. The van der Waals surface area contributed by atoms with Crippen LogP contribution >= 0.6 is 0 Å². The monoisotopic (exact) mass is 483 g/mol. The van der Waals surface area contributed by atoms with Gasteiger partial charge in [0.1, 0.15) is 23.4 Å². The van der Waals surface area contributed by atoms with Crippen LogP contribution in [0.15, 0.2) is 78.9 Å². The first kappa shape index (κ1) is 24.2. The van der Waals surface area contributed by atoms with Gasteiger partial charge in [0.25, 0.3) is 0 Å². The van der Waals surface area contributed by atoms with Crippen LogP contribution in [0.5, 0.6) is 17.2 Å². The Bertz CT molecular complexity index is 1310. The van der Waals surface area contributed by atoms with Crippen molar-refractivity contribution in [3.05, 3.63) is 101 Å². The maximum absolute atomic E-state index is 11.6. The van der Waals surface area contributed by atoms with Gasteiger partial charge in [-0.2, -0.15) is 0 Å². The lowest BCUT2D eigenvalue weighted by Gasteiger charge is -2.23. The minimum atomic E-state index is -0.875. The molecule has 0 bridgehead atoms. The fourth-order valence-corrected chi connectivity index (χ4v) is 5.13. The predicted molar refractivity (Wildman–Crippen MR) is 143 cm³/mol. The molecule has 4 aromatic rings. The van der Waals surface area contributed by atoms with Crippen molar-refractivity contribution in [3.63, 3.8) is 0 Å². The summed E-state index contributed by atoms with van der Waals surface area (Å²) in [7, 11) is 0. The van der Waals surface area contributed by atoms with Gasteiger partial charge < -0.3 is 25.4 Å². The molecule has 4 aromatic carbocycles. The molecule has 1 saturated heterocycles. The lowest BCUT2D eigenvalue weighted by Crippen LogP contribution is -2.35. The van der Waals surface area contributed by atoms with Gasteiger partial charge in [0.15, 0.2) is 0 Å². The van der Waals surface area contributed by atoms with Gasteiger partial charge in [-0.15, -0.1) is 0 Å². The van der Waals surface area contributed by atoms with Gasteiger partial charge in [0.05, 0.1) is 6.61 Å². The molecule has 0 spiro atoms. The van der Waals surface area contributed by atoms with Gasteiger partial charge in [0.2, 0.25) is 0 Å². The molecule has 0 amide bonds. The minimum Gasteiger partial charge on any atom is -0.508 e. The molecule has 1 heterocycles. The molecule has 2 atom stereocenters. The van der Waals surface area contributed by atoms with Crippen LogP contribution < -0.4 is 10.1 Å². The average molecular weight is 484 g/mol. The molecule has 0 saturated carbocycles. The van der Waals surface area contributed by atoms with Crippen LogP contribution in [0.3, 0.4) is 0 Å². The van der Waals surface area contributed by atoms with Crippen molar-refractivity contribution in [2.45, 2.75) is 44.2 Å². The molecule has 0 aromatic heterocycles. The molecule has 5 rings (SSSR count). The van der Waals surface area contributed by atoms with Crippen LogP contribution in [0.1, 0.15) is 54.0 Å². The number of aromatic hydroxyl groups is 2. The van der Waals surface area contributed by atoms with Gasteiger partial charge >= 0.3 is 0 Å². The molecule has 0 aliphatic carbocycles. The summed E-state index contributed by atoms with van der Waals surface area (Å²) >= 11 is 0. The largest absolute Gasteiger partial charge is 0.508 e. The molecule has 1 fully saturated rings. The van der Waals surface area contributed by atoms with E-state index in [1.54, 1.807) is 24.3 Å². The Morgan fingerprint density at radius 2 is 1.72 bits per heavy atom. The third-order valence-electron chi connectivity index (χ3n) is 7.12. The Labute approximate surface area is 212 Å². The second-order valence-corrected chi connectivity index (χ2v) is 9.60. The molecule has 0 radical (unpaired) electrons.